The Morgan fingerprint density at radius 2 is 2.05 bits per heavy atom. The van der Waals surface area contributed by atoms with Gasteiger partial charge in [-0.1, -0.05) is 32.9 Å². The summed E-state index contributed by atoms with van der Waals surface area (Å²) in [6.07, 6.45) is 2.11. The molecule has 0 spiro atoms. The molecule has 0 aliphatic rings. The van der Waals surface area contributed by atoms with Crippen molar-refractivity contribution in [2.24, 2.45) is 7.05 Å². The van der Waals surface area contributed by atoms with E-state index in [2.05, 4.69) is 61.6 Å². The molecule has 3 nitrogen and oxygen atoms in total. The summed E-state index contributed by atoms with van der Waals surface area (Å²) in [6.45, 7) is 7.38. The minimum absolute atomic E-state index is 0.452. The average Bonchev–Trinajstić information content (AvgIpc) is 2.79. The summed E-state index contributed by atoms with van der Waals surface area (Å²) in [7, 11) is 1.98. The first-order chi connectivity index (χ1) is 9.61. The van der Waals surface area contributed by atoms with Crippen molar-refractivity contribution in [3.63, 3.8) is 0 Å². The van der Waals surface area contributed by atoms with E-state index in [1.54, 1.807) is 0 Å². The maximum Gasteiger partial charge on any atom is 0.0699 e. The summed E-state index contributed by atoms with van der Waals surface area (Å²) < 4.78 is 1.90. The molecule has 1 heterocycles. The molecule has 2 rings (SSSR count). The number of nitrogens with zero attached hydrogens (tertiary/aromatic N) is 2. The van der Waals surface area contributed by atoms with E-state index in [4.69, 9.17) is 0 Å². The molecule has 108 valence electrons. The van der Waals surface area contributed by atoms with Gasteiger partial charge in [0, 0.05) is 35.9 Å². The molecule has 1 aromatic carbocycles. The number of thioether (sulfide) groups is 1. The van der Waals surface area contributed by atoms with Crippen LogP contribution < -0.4 is 5.32 Å². The average molecular weight is 289 g/mol. The fourth-order valence-electron chi connectivity index (χ4n) is 2.26. The van der Waals surface area contributed by atoms with Crippen LogP contribution in [-0.2, 0) is 13.6 Å². The summed E-state index contributed by atoms with van der Waals surface area (Å²) in [4.78, 5) is 1.31. The zero-order valence-corrected chi connectivity index (χ0v) is 13.5. The van der Waals surface area contributed by atoms with Crippen molar-refractivity contribution in [2.45, 2.75) is 38.1 Å². The van der Waals surface area contributed by atoms with Gasteiger partial charge < -0.3 is 5.32 Å². The second-order valence-electron chi connectivity index (χ2n) is 5.15. The van der Waals surface area contributed by atoms with E-state index in [1.165, 1.54) is 21.8 Å². The van der Waals surface area contributed by atoms with Crippen LogP contribution >= 0.6 is 11.8 Å². The number of para-hydroxylation sites is 1. The van der Waals surface area contributed by atoms with Gasteiger partial charge in [0.1, 0.15) is 0 Å². The Bertz CT molecular complexity index is 561. The van der Waals surface area contributed by atoms with Gasteiger partial charge in [-0.2, -0.15) is 5.10 Å². The van der Waals surface area contributed by atoms with Crippen LogP contribution in [0.2, 0.25) is 0 Å². The number of nitrogens with one attached hydrogen (secondary N) is 1. The molecular weight excluding hydrogens is 266 g/mol. The number of rotatable bonds is 6. The van der Waals surface area contributed by atoms with Gasteiger partial charge >= 0.3 is 0 Å². The summed E-state index contributed by atoms with van der Waals surface area (Å²) in [5.74, 6) is 1.54. The van der Waals surface area contributed by atoms with E-state index >= 15 is 0 Å². The largest absolute Gasteiger partial charge is 0.380 e. The Kier molecular flexibility index (Phi) is 5.12. The van der Waals surface area contributed by atoms with E-state index < -0.39 is 0 Å². The molecule has 0 fully saturated rings. The maximum atomic E-state index is 4.55. The summed E-state index contributed by atoms with van der Waals surface area (Å²) in [5, 5.41) is 8.10. The molecule has 0 unspecified atom stereocenters. The SMILES string of the molecule is CCSc1ccccc1NCc1cn(C)nc1C(C)C. The van der Waals surface area contributed by atoms with Gasteiger partial charge in [-0.3, -0.25) is 4.68 Å². The van der Waals surface area contributed by atoms with Gasteiger partial charge in [-0.15, -0.1) is 11.8 Å². The van der Waals surface area contributed by atoms with Gasteiger partial charge in [0.2, 0.25) is 0 Å². The lowest BCUT2D eigenvalue weighted by molar-refractivity contribution is 0.712. The topological polar surface area (TPSA) is 29.9 Å². The standard InChI is InChI=1S/C16H23N3S/c1-5-20-15-9-7-6-8-14(15)17-10-13-11-19(4)18-16(13)12(2)3/h6-9,11-12,17H,5,10H2,1-4H3. The first-order valence-corrected chi connectivity index (χ1v) is 8.08. The minimum atomic E-state index is 0.452. The summed E-state index contributed by atoms with van der Waals surface area (Å²) in [5.41, 5.74) is 3.66. The highest BCUT2D eigenvalue weighted by atomic mass is 32.2. The van der Waals surface area contributed by atoms with Gasteiger partial charge in [0.25, 0.3) is 0 Å². The molecule has 1 N–H and O–H groups in total. The highest BCUT2D eigenvalue weighted by Crippen LogP contribution is 2.27. The molecule has 1 aromatic heterocycles. The first-order valence-electron chi connectivity index (χ1n) is 7.10. The molecule has 0 radical (unpaired) electrons. The van der Waals surface area contributed by atoms with Crippen LogP contribution in [0.4, 0.5) is 5.69 Å². The van der Waals surface area contributed by atoms with Crippen molar-refractivity contribution in [1.29, 1.82) is 0 Å². The van der Waals surface area contributed by atoms with Crippen molar-refractivity contribution >= 4 is 17.4 Å². The third-order valence-electron chi connectivity index (χ3n) is 3.14. The first kappa shape index (κ1) is 15.0. The number of hydrogen-bond donors (Lipinski definition) is 1. The van der Waals surface area contributed by atoms with Gasteiger partial charge in [0.05, 0.1) is 5.69 Å². The van der Waals surface area contributed by atoms with E-state index in [0.29, 0.717) is 5.92 Å². The Morgan fingerprint density at radius 1 is 1.30 bits per heavy atom. The van der Waals surface area contributed by atoms with Crippen LogP contribution in [0.15, 0.2) is 35.4 Å². The molecule has 0 aliphatic carbocycles. The van der Waals surface area contributed by atoms with Crippen molar-refractivity contribution in [1.82, 2.24) is 9.78 Å². The normalized spacial score (nSPS) is 11.1. The number of aromatic nitrogens is 2. The Balaban J connectivity index is 2.13. The van der Waals surface area contributed by atoms with Crippen molar-refractivity contribution in [3.05, 3.63) is 41.7 Å². The van der Waals surface area contributed by atoms with Crippen molar-refractivity contribution in [2.75, 3.05) is 11.1 Å². The molecule has 20 heavy (non-hydrogen) atoms. The summed E-state index contributed by atoms with van der Waals surface area (Å²) >= 11 is 1.87. The van der Waals surface area contributed by atoms with Crippen LogP contribution in [0.25, 0.3) is 0 Å². The molecule has 0 amide bonds. The van der Waals surface area contributed by atoms with Crippen LogP contribution in [0.3, 0.4) is 0 Å². The fraction of sp³-hybridized carbons (Fsp3) is 0.438. The molecule has 0 saturated carbocycles. The number of benzene rings is 1. The zero-order valence-electron chi connectivity index (χ0n) is 12.7. The van der Waals surface area contributed by atoms with Crippen LogP contribution in [0.5, 0.6) is 0 Å². The monoisotopic (exact) mass is 289 g/mol. The van der Waals surface area contributed by atoms with Crippen molar-refractivity contribution < 1.29 is 0 Å². The highest BCUT2D eigenvalue weighted by Gasteiger charge is 2.11. The van der Waals surface area contributed by atoms with E-state index in [9.17, 15) is 0 Å². The second kappa shape index (κ2) is 6.84. The molecule has 0 saturated heterocycles. The molecule has 0 aliphatic heterocycles. The lowest BCUT2D eigenvalue weighted by Crippen LogP contribution is -2.03. The summed E-state index contributed by atoms with van der Waals surface area (Å²) in [6, 6.07) is 8.48. The lowest BCUT2D eigenvalue weighted by Gasteiger charge is -2.11. The molecule has 0 bridgehead atoms. The van der Waals surface area contributed by atoms with Gasteiger partial charge in [0.15, 0.2) is 0 Å². The van der Waals surface area contributed by atoms with Gasteiger partial charge in [-0.25, -0.2) is 0 Å². The third-order valence-corrected chi connectivity index (χ3v) is 4.10. The van der Waals surface area contributed by atoms with E-state index in [-0.39, 0.29) is 0 Å². The van der Waals surface area contributed by atoms with Gasteiger partial charge in [-0.05, 0) is 23.8 Å². The molecular formula is C16H23N3S. The van der Waals surface area contributed by atoms with Crippen LogP contribution in [-0.4, -0.2) is 15.5 Å². The third kappa shape index (κ3) is 3.57. The molecule has 2 aromatic rings. The van der Waals surface area contributed by atoms with E-state index in [0.717, 1.165) is 12.3 Å². The Morgan fingerprint density at radius 3 is 2.75 bits per heavy atom. The smallest absolute Gasteiger partial charge is 0.0699 e. The number of anilines is 1. The second-order valence-corrected chi connectivity index (χ2v) is 6.46. The fourth-order valence-corrected chi connectivity index (χ4v) is 3.04. The molecule has 0 atom stereocenters. The quantitative estimate of drug-likeness (QED) is 0.806. The lowest BCUT2D eigenvalue weighted by atomic mass is 10.1. The Labute approximate surface area is 125 Å². The van der Waals surface area contributed by atoms with Crippen LogP contribution in [0.1, 0.15) is 37.9 Å². The Hall–Kier alpha value is -1.42. The number of aryl methyl sites for hydroxylation is 1. The van der Waals surface area contributed by atoms with E-state index in [1.807, 2.05) is 23.5 Å². The number of hydrogen-bond acceptors (Lipinski definition) is 3. The minimum Gasteiger partial charge on any atom is -0.380 e. The highest BCUT2D eigenvalue weighted by molar-refractivity contribution is 7.99. The van der Waals surface area contributed by atoms with Crippen LogP contribution in [0, 0.1) is 0 Å². The van der Waals surface area contributed by atoms with Crippen molar-refractivity contribution in [3.8, 4) is 0 Å². The molecule has 4 heteroatoms. The zero-order chi connectivity index (χ0) is 14.5. The maximum absolute atomic E-state index is 4.55. The predicted octanol–water partition coefficient (Wildman–Crippen LogP) is 4.27. The predicted molar refractivity (Wildman–Crippen MR) is 87.5 cm³/mol.